The Labute approximate surface area is 87.6 Å². The fraction of sp³-hybridized carbons (Fsp3) is 0.455. The average molecular weight is 211 g/mol. The van der Waals surface area contributed by atoms with Crippen LogP contribution in [0.3, 0.4) is 0 Å². The van der Waals surface area contributed by atoms with Gasteiger partial charge in [0, 0.05) is 11.6 Å². The number of halogens is 1. The number of aromatic hydroxyl groups is 2. The van der Waals surface area contributed by atoms with Gasteiger partial charge >= 0.3 is 0 Å². The summed E-state index contributed by atoms with van der Waals surface area (Å²) in [5.74, 6) is -1.78. The summed E-state index contributed by atoms with van der Waals surface area (Å²) in [5, 5.41) is 21.6. The summed E-state index contributed by atoms with van der Waals surface area (Å²) in [5.41, 5.74) is 0.435. The molecule has 1 fully saturated rings. The fourth-order valence-electron chi connectivity index (χ4n) is 1.96. The second-order valence-corrected chi connectivity index (χ2v) is 3.84. The van der Waals surface area contributed by atoms with Crippen LogP contribution in [0.5, 0.6) is 11.5 Å². The molecule has 1 atom stereocenters. The summed E-state index contributed by atoms with van der Waals surface area (Å²) in [4.78, 5) is 0. The molecule has 15 heavy (non-hydrogen) atoms. The lowest BCUT2D eigenvalue weighted by atomic mass is 9.97. The summed E-state index contributed by atoms with van der Waals surface area (Å²) < 4.78 is 13.6. The minimum atomic E-state index is -0.714. The predicted octanol–water partition coefficient (Wildman–Crippen LogP) is 2.05. The lowest BCUT2D eigenvalue weighted by Gasteiger charge is -2.24. The van der Waals surface area contributed by atoms with Crippen molar-refractivity contribution in [1.82, 2.24) is 5.32 Å². The van der Waals surface area contributed by atoms with Crippen molar-refractivity contribution in [2.75, 3.05) is 6.54 Å². The number of hydrogen-bond donors (Lipinski definition) is 3. The van der Waals surface area contributed by atoms with Gasteiger partial charge < -0.3 is 15.5 Å². The molecule has 2 rings (SSSR count). The minimum absolute atomic E-state index is 0.0507. The Balaban J connectivity index is 2.31. The van der Waals surface area contributed by atoms with Gasteiger partial charge in [0.1, 0.15) is 0 Å². The van der Waals surface area contributed by atoms with Crippen LogP contribution in [0.1, 0.15) is 30.9 Å². The van der Waals surface area contributed by atoms with Crippen LogP contribution in [0.15, 0.2) is 12.1 Å². The molecule has 1 aromatic rings. The van der Waals surface area contributed by atoms with Crippen molar-refractivity contribution < 1.29 is 14.6 Å². The molecule has 3 nitrogen and oxygen atoms in total. The molecule has 3 N–H and O–H groups in total. The first-order chi connectivity index (χ1) is 7.20. The van der Waals surface area contributed by atoms with E-state index >= 15 is 0 Å². The normalized spacial score (nSPS) is 21.5. The molecule has 0 spiro atoms. The van der Waals surface area contributed by atoms with Gasteiger partial charge in [-0.3, -0.25) is 0 Å². The zero-order chi connectivity index (χ0) is 10.8. The number of hydrogen-bond acceptors (Lipinski definition) is 3. The van der Waals surface area contributed by atoms with E-state index in [1.807, 2.05) is 0 Å². The standard InChI is InChI=1S/C11H14FNO2/c12-10-7(4-5-9(14)11(10)15)8-3-1-2-6-13-8/h4-5,8,13-15H,1-3,6H2. The molecule has 0 aliphatic carbocycles. The molecular weight excluding hydrogens is 197 g/mol. The molecule has 0 aromatic heterocycles. The van der Waals surface area contributed by atoms with Gasteiger partial charge in [-0.05, 0) is 25.5 Å². The number of phenols is 2. The van der Waals surface area contributed by atoms with Crippen molar-refractivity contribution in [3.8, 4) is 11.5 Å². The molecular formula is C11H14FNO2. The third kappa shape index (κ3) is 1.90. The van der Waals surface area contributed by atoms with Gasteiger partial charge in [-0.1, -0.05) is 12.5 Å². The number of benzene rings is 1. The Morgan fingerprint density at radius 1 is 1.27 bits per heavy atom. The highest BCUT2D eigenvalue weighted by Gasteiger charge is 2.21. The monoisotopic (exact) mass is 211 g/mol. The molecule has 0 bridgehead atoms. The van der Waals surface area contributed by atoms with E-state index in [0.29, 0.717) is 5.56 Å². The van der Waals surface area contributed by atoms with E-state index in [1.165, 1.54) is 12.1 Å². The van der Waals surface area contributed by atoms with E-state index in [2.05, 4.69) is 5.32 Å². The largest absolute Gasteiger partial charge is 0.504 e. The summed E-state index contributed by atoms with van der Waals surface area (Å²) in [6.07, 6.45) is 3.02. The van der Waals surface area contributed by atoms with Crippen LogP contribution in [0.25, 0.3) is 0 Å². The van der Waals surface area contributed by atoms with Crippen molar-refractivity contribution in [3.05, 3.63) is 23.5 Å². The van der Waals surface area contributed by atoms with Crippen LogP contribution in [0.4, 0.5) is 4.39 Å². The summed E-state index contributed by atoms with van der Waals surface area (Å²) in [6.45, 7) is 0.867. The molecule has 1 saturated heterocycles. The average Bonchev–Trinajstić information content (AvgIpc) is 2.27. The first-order valence-corrected chi connectivity index (χ1v) is 5.14. The number of phenolic OH excluding ortho intramolecular Hbond substituents is 2. The lowest BCUT2D eigenvalue weighted by Crippen LogP contribution is -2.27. The van der Waals surface area contributed by atoms with Gasteiger partial charge in [-0.2, -0.15) is 0 Å². The molecule has 0 amide bonds. The molecule has 82 valence electrons. The van der Waals surface area contributed by atoms with Gasteiger partial charge in [0.25, 0.3) is 0 Å². The summed E-state index contributed by atoms with van der Waals surface area (Å²) in [7, 11) is 0. The van der Waals surface area contributed by atoms with Crippen LogP contribution in [0.2, 0.25) is 0 Å². The summed E-state index contributed by atoms with van der Waals surface area (Å²) >= 11 is 0. The molecule has 1 aliphatic heterocycles. The highest BCUT2D eigenvalue weighted by atomic mass is 19.1. The molecule has 0 radical (unpaired) electrons. The van der Waals surface area contributed by atoms with E-state index < -0.39 is 17.3 Å². The number of rotatable bonds is 1. The fourth-order valence-corrected chi connectivity index (χ4v) is 1.96. The molecule has 4 heteroatoms. The van der Waals surface area contributed by atoms with Crippen molar-refractivity contribution in [2.45, 2.75) is 25.3 Å². The maximum absolute atomic E-state index is 13.6. The summed E-state index contributed by atoms with van der Waals surface area (Å²) in [6, 6.07) is 2.79. The first-order valence-electron chi connectivity index (χ1n) is 5.14. The quantitative estimate of drug-likeness (QED) is 0.623. The van der Waals surface area contributed by atoms with E-state index in [-0.39, 0.29) is 6.04 Å². The molecule has 1 heterocycles. The minimum Gasteiger partial charge on any atom is -0.504 e. The zero-order valence-corrected chi connectivity index (χ0v) is 8.33. The highest BCUT2D eigenvalue weighted by Crippen LogP contribution is 2.34. The predicted molar refractivity (Wildman–Crippen MR) is 54.3 cm³/mol. The Bertz CT molecular complexity index is 362. The highest BCUT2D eigenvalue weighted by molar-refractivity contribution is 5.43. The SMILES string of the molecule is Oc1ccc(C2CCCCN2)c(F)c1O. The van der Waals surface area contributed by atoms with Gasteiger partial charge in [0.2, 0.25) is 0 Å². The Hall–Kier alpha value is -1.29. The zero-order valence-electron chi connectivity index (χ0n) is 8.33. The van der Waals surface area contributed by atoms with E-state index in [1.54, 1.807) is 0 Å². The van der Waals surface area contributed by atoms with Crippen LogP contribution < -0.4 is 5.32 Å². The van der Waals surface area contributed by atoms with Crippen LogP contribution in [-0.2, 0) is 0 Å². The topological polar surface area (TPSA) is 52.5 Å². The third-order valence-corrected chi connectivity index (χ3v) is 2.81. The van der Waals surface area contributed by atoms with Gasteiger partial charge in [0.05, 0.1) is 0 Å². The lowest BCUT2D eigenvalue weighted by molar-refractivity contribution is 0.360. The second-order valence-electron chi connectivity index (χ2n) is 3.84. The van der Waals surface area contributed by atoms with Crippen LogP contribution >= 0.6 is 0 Å². The molecule has 1 aliphatic rings. The van der Waals surface area contributed by atoms with Crippen LogP contribution in [0, 0.1) is 5.82 Å². The van der Waals surface area contributed by atoms with Crippen molar-refractivity contribution in [1.29, 1.82) is 0 Å². The smallest absolute Gasteiger partial charge is 0.194 e. The number of piperidine rings is 1. The Kier molecular flexibility index (Phi) is 2.77. The van der Waals surface area contributed by atoms with Crippen molar-refractivity contribution in [2.24, 2.45) is 0 Å². The van der Waals surface area contributed by atoms with E-state index in [9.17, 15) is 9.50 Å². The van der Waals surface area contributed by atoms with Gasteiger partial charge in [-0.25, -0.2) is 4.39 Å². The Morgan fingerprint density at radius 3 is 2.73 bits per heavy atom. The van der Waals surface area contributed by atoms with Gasteiger partial charge in [-0.15, -0.1) is 0 Å². The first kappa shape index (κ1) is 10.2. The second kappa shape index (κ2) is 4.06. The Morgan fingerprint density at radius 2 is 2.07 bits per heavy atom. The molecule has 1 unspecified atom stereocenters. The van der Waals surface area contributed by atoms with Crippen molar-refractivity contribution >= 4 is 0 Å². The number of nitrogens with one attached hydrogen (secondary N) is 1. The maximum atomic E-state index is 13.6. The van der Waals surface area contributed by atoms with Crippen LogP contribution in [-0.4, -0.2) is 16.8 Å². The van der Waals surface area contributed by atoms with E-state index in [0.717, 1.165) is 25.8 Å². The third-order valence-electron chi connectivity index (χ3n) is 2.81. The van der Waals surface area contributed by atoms with E-state index in [4.69, 9.17) is 5.11 Å². The van der Waals surface area contributed by atoms with Gasteiger partial charge in [0.15, 0.2) is 17.3 Å². The maximum Gasteiger partial charge on any atom is 0.194 e. The molecule has 0 saturated carbocycles. The van der Waals surface area contributed by atoms with Crippen molar-refractivity contribution in [3.63, 3.8) is 0 Å². The molecule has 1 aromatic carbocycles.